The molecular weight excluding hydrogens is 495 g/mol. The predicted molar refractivity (Wildman–Crippen MR) is 132 cm³/mol. The first-order chi connectivity index (χ1) is 16.9. The molecule has 0 spiro atoms. The molecule has 1 N–H and O–H groups in total. The van der Waals surface area contributed by atoms with Crippen molar-refractivity contribution in [3.63, 3.8) is 0 Å². The highest BCUT2D eigenvalue weighted by atomic mass is 32.2. The number of halogens is 3. The average Bonchev–Trinajstić information content (AvgIpc) is 2.82. The van der Waals surface area contributed by atoms with Crippen molar-refractivity contribution in [2.45, 2.75) is 70.0 Å². The fraction of sp³-hybridized carbons (Fsp3) is 0.423. The lowest BCUT2D eigenvalue weighted by Crippen LogP contribution is -2.44. The van der Waals surface area contributed by atoms with Crippen LogP contribution in [0.3, 0.4) is 0 Å². The largest absolute Gasteiger partial charge is 0.487 e. The molecule has 36 heavy (non-hydrogen) atoms. The topological polar surface area (TPSA) is 83.9 Å². The third-order valence-electron chi connectivity index (χ3n) is 6.03. The maximum absolute atomic E-state index is 13.6. The summed E-state index contributed by atoms with van der Waals surface area (Å²) in [5, 5.41) is 8.15. The van der Waals surface area contributed by atoms with Crippen LogP contribution in [0.2, 0.25) is 0 Å². The monoisotopic (exact) mass is 525 g/mol. The highest BCUT2D eigenvalue weighted by Gasteiger charge is 2.38. The fourth-order valence-electron chi connectivity index (χ4n) is 4.27. The molecule has 0 saturated heterocycles. The number of aliphatic carboxylic acids is 1. The summed E-state index contributed by atoms with van der Waals surface area (Å²) in [5.74, 6) is -1.26. The quantitative estimate of drug-likeness (QED) is 0.391. The molecule has 1 aliphatic rings. The third kappa shape index (κ3) is 6.81. The molecule has 0 unspecified atom stereocenters. The van der Waals surface area contributed by atoms with E-state index < -0.39 is 39.0 Å². The summed E-state index contributed by atoms with van der Waals surface area (Å²) in [5.41, 5.74) is 0.390. The predicted octanol–water partition coefficient (Wildman–Crippen LogP) is 6.26. The van der Waals surface area contributed by atoms with Crippen molar-refractivity contribution in [2.75, 3.05) is 4.31 Å². The van der Waals surface area contributed by atoms with E-state index in [-0.39, 0.29) is 18.0 Å². The second kappa shape index (κ2) is 11.4. The summed E-state index contributed by atoms with van der Waals surface area (Å²) < 4.78 is 74.6. The van der Waals surface area contributed by atoms with Crippen LogP contribution in [0.4, 0.5) is 18.9 Å². The molecule has 0 atom stereocenters. The molecule has 0 bridgehead atoms. The molecule has 0 radical (unpaired) electrons. The number of sulfonamides is 1. The minimum atomic E-state index is -4.63. The van der Waals surface area contributed by atoms with Gasteiger partial charge in [-0.05, 0) is 62.1 Å². The molecule has 1 aliphatic carbocycles. The number of carbonyl (C=O) groups is 1. The van der Waals surface area contributed by atoms with Gasteiger partial charge in [0.25, 0.3) is 0 Å². The van der Waals surface area contributed by atoms with Gasteiger partial charge in [-0.2, -0.15) is 13.2 Å². The van der Waals surface area contributed by atoms with Crippen LogP contribution in [-0.4, -0.2) is 30.8 Å². The van der Waals surface area contributed by atoms with E-state index in [9.17, 15) is 26.4 Å². The smallest absolute Gasteiger partial charge is 0.416 e. The molecule has 1 fully saturated rings. The maximum Gasteiger partial charge on any atom is 0.416 e. The molecule has 0 aliphatic heterocycles. The molecular formula is C26H30F3NO5S. The molecule has 3 rings (SSSR count). The zero-order chi connectivity index (χ0) is 26.5. The SMILES string of the molecule is CC(C)N(c1ccc(C(F)(F)F)cc1OCc1ccc(/C=C/C(=O)O)cc1)S(=O)(=O)C1CCCCC1. The first-order valence-corrected chi connectivity index (χ1v) is 13.3. The van der Waals surface area contributed by atoms with Gasteiger partial charge in [0.05, 0.1) is 16.5 Å². The molecule has 1 saturated carbocycles. The van der Waals surface area contributed by atoms with Gasteiger partial charge in [-0.15, -0.1) is 0 Å². The van der Waals surface area contributed by atoms with Gasteiger partial charge in [0.1, 0.15) is 12.4 Å². The second-order valence-corrected chi connectivity index (χ2v) is 11.2. The van der Waals surface area contributed by atoms with Crippen molar-refractivity contribution in [2.24, 2.45) is 0 Å². The second-order valence-electron chi connectivity index (χ2n) is 9.08. The molecule has 6 nitrogen and oxygen atoms in total. The Morgan fingerprint density at radius 2 is 1.75 bits per heavy atom. The Hall–Kier alpha value is -3.01. The summed E-state index contributed by atoms with van der Waals surface area (Å²) in [6.45, 7) is 3.27. The van der Waals surface area contributed by atoms with Crippen molar-refractivity contribution in [1.29, 1.82) is 0 Å². The van der Waals surface area contributed by atoms with E-state index in [1.54, 1.807) is 38.1 Å². The minimum absolute atomic E-state index is 0.0737. The van der Waals surface area contributed by atoms with Gasteiger partial charge in [-0.3, -0.25) is 4.31 Å². The zero-order valence-electron chi connectivity index (χ0n) is 20.2. The van der Waals surface area contributed by atoms with E-state index in [2.05, 4.69) is 0 Å². The van der Waals surface area contributed by atoms with Crippen LogP contribution in [-0.2, 0) is 27.6 Å². The number of rotatable bonds is 9. The summed E-state index contributed by atoms with van der Waals surface area (Å²) in [4.78, 5) is 10.7. The van der Waals surface area contributed by atoms with Gasteiger partial charge >= 0.3 is 12.1 Å². The van der Waals surface area contributed by atoms with Crippen LogP contribution in [0, 0.1) is 0 Å². The van der Waals surface area contributed by atoms with E-state index in [4.69, 9.17) is 9.84 Å². The normalized spacial score (nSPS) is 15.4. The number of benzene rings is 2. The Labute approximate surface area is 209 Å². The van der Waals surface area contributed by atoms with Crippen molar-refractivity contribution in [3.05, 3.63) is 65.2 Å². The third-order valence-corrected chi connectivity index (χ3v) is 8.51. The van der Waals surface area contributed by atoms with E-state index in [1.807, 2.05) is 0 Å². The first kappa shape index (κ1) is 27.6. The average molecular weight is 526 g/mol. The van der Waals surface area contributed by atoms with Crippen LogP contribution >= 0.6 is 0 Å². The summed E-state index contributed by atoms with van der Waals surface area (Å²) in [6, 6.07) is 8.97. The summed E-state index contributed by atoms with van der Waals surface area (Å²) in [7, 11) is -3.83. The van der Waals surface area contributed by atoms with Crippen LogP contribution in [0.15, 0.2) is 48.5 Å². The van der Waals surface area contributed by atoms with E-state index in [0.717, 1.165) is 37.5 Å². The minimum Gasteiger partial charge on any atom is -0.487 e. The Kier molecular flexibility index (Phi) is 8.71. The van der Waals surface area contributed by atoms with Crippen molar-refractivity contribution < 1.29 is 36.2 Å². The molecule has 196 valence electrons. The number of anilines is 1. The Morgan fingerprint density at radius 1 is 1.11 bits per heavy atom. The van der Waals surface area contributed by atoms with E-state index in [1.165, 1.54) is 16.4 Å². The van der Waals surface area contributed by atoms with E-state index in [0.29, 0.717) is 24.0 Å². The molecule has 0 aromatic heterocycles. The van der Waals surface area contributed by atoms with Crippen molar-refractivity contribution in [3.8, 4) is 5.75 Å². The van der Waals surface area contributed by atoms with Gasteiger partial charge < -0.3 is 9.84 Å². The lowest BCUT2D eigenvalue weighted by atomic mass is 10.0. The van der Waals surface area contributed by atoms with Gasteiger partial charge in [-0.1, -0.05) is 43.5 Å². The van der Waals surface area contributed by atoms with E-state index >= 15 is 0 Å². The van der Waals surface area contributed by atoms with Crippen LogP contribution in [0.1, 0.15) is 62.6 Å². The number of hydrogen-bond acceptors (Lipinski definition) is 4. The highest BCUT2D eigenvalue weighted by Crippen LogP contribution is 2.40. The molecule has 0 amide bonds. The summed E-state index contributed by atoms with van der Waals surface area (Å²) >= 11 is 0. The number of alkyl halides is 3. The van der Waals surface area contributed by atoms with Gasteiger partial charge in [0, 0.05) is 12.1 Å². The Balaban J connectivity index is 1.95. The number of ether oxygens (including phenoxy) is 1. The molecule has 0 heterocycles. The highest BCUT2D eigenvalue weighted by molar-refractivity contribution is 7.93. The van der Waals surface area contributed by atoms with Crippen LogP contribution < -0.4 is 9.04 Å². The van der Waals surface area contributed by atoms with Crippen LogP contribution in [0.5, 0.6) is 5.75 Å². The van der Waals surface area contributed by atoms with Crippen molar-refractivity contribution in [1.82, 2.24) is 0 Å². The van der Waals surface area contributed by atoms with Crippen LogP contribution in [0.25, 0.3) is 6.08 Å². The number of hydrogen-bond donors (Lipinski definition) is 1. The summed E-state index contributed by atoms with van der Waals surface area (Å²) in [6.07, 6.45) is 1.37. The van der Waals surface area contributed by atoms with Crippen molar-refractivity contribution >= 4 is 27.8 Å². The number of carboxylic acids is 1. The fourth-order valence-corrected chi connectivity index (χ4v) is 6.54. The lowest BCUT2D eigenvalue weighted by molar-refractivity contribution is -0.137. The van der Waals surface area contributed by atoms with Gasteiger partial charge in [-0.25, -0.2) is 13.2 Å². The Morgan fingerprint density at radius 3 is 2.31 bits per heavy atom. The number of carboxylic acid groups (broad SMARTS) is 1. The lowest BCUT2D eigenvalue weighted by Gasteiger charge is -2.34. The number of nitrogens with zero attached hydrogens (tertiary/aromatic N) is 1. The maximum atomic E-state index is 13.6. The molecule has 10 heteroatoms. The standard InChI is InChI=1S/C26H30F3NO5S/c1-18(2)30(36(33,34)22-6-4-3-5-7-22)23-14-13-21(26(27,28)29)16-24(23)35-17-20-10-8-19(9-11-20)12-15-25(31)32/h8-16,18,22H,3-7,17H2,1-2H3,(H,31,32)/b15-12+. The molecule has 2 aromatic rings. The van der Waals surface area contributed by atoms with Gasteiger partial charge in [0.2, 0.25) is 10.0 Å². The molecule has 2 aromatic carbocycles. The Bertz CT molecular complexity index is 1190. The zero-order valence-corrected chi connectivity index (χ0v) is 21.0. The first-order valence-electron chi connectivity index (χ1n) is 11.8. The van der Waals surface area contributed by atoms with Gasteiger partial charge in [0.15, 0.2) is 0 Å².